The molecule has 1 aromatic carbocycles. The van der Waals surface area contributed by atoms with Crippen LogP contribution in [0, 0.1) is 11.8 Å². The molecule has 3 aliphatic rings. The van der Waals surface area contributed by atoms with Crippen LogP contribution in [0.1, 0.15) is 22.8 Å². The van der Waals surface area contributed by atoms with Gasteiger partial charge in [0.25, 0.3) is 5.91 Å². The van der Waals surface area contributed by atoms with Crippen molar-refractivity contribution in [1.29, 1.82) is 0 Å². The molecule has 8 N–H and O–H groups in total. The molecule has 1 aromatic rings. The van der Waals surface area contributed by atoms with Crippen LogP contribution in [-0.2, 0) is 15.2 Å². The monoisotopic (exact) mass is 460 g/mol. The third-order valence-electron chi connectivity index (χ3n) is 7.04. The molecule has 0 saturated heterocycles. The first-order chi connectivity index (χ1) is 15.2. The highest BCUT2D eigenvalue weighted by atomic mass is 16.4. The van der Waals surface area contributed by atoms with Gasteiger partial charge in [-0.3, -0.25) is 19.3 Å². The van der Waals surface area contributed by atoms with E-state index in [-0.39, 0.29) is 11.1 Å². The lowest BCUT2D eigenvalue weighted by Crippen LogP contribution is -2.70. The Morgan fingerprint density at radius 3 is 2.27 bits per heavy atom. The van der Waals surface area contributed by atoms with Crippen molar-refractivity contribution in [2.45, 2.75) is 30.3 Å². The Morgan fingerprint density at radius 2 is 1.73 bits per heavy atom. The van der Waals surface area contributed by atoms with E-state index in [1.165, 1.54) is 44.1 Å². The third kappa shape index (κ3) is 2.61. The minimum absolute atomic E-state index is 0.0281. The number of ketones is 2. The number of likely N-dealkylation sites (N-methyl/N-ethyl adjacent to an activating group) is 1. The fraction of sp³-hybridized carbons (Fsp3) is 0.409. The first-order valence-corrected chi connectivity index (χ1v) is 10.1. The molecule has 0 fully saturated rings. The van der Waals surface area contributed by atoms with Crippen LogP contribution in [0.4, 0.5) is 0 Å². The number of carbonyl (C=O) groups is 3. The van der Waals surface area contributed by atoms with Crippen LogP contribution < -0.4 is 5.73 Å². The number of nitrogens with zero attached hydrogens (tertiary/aromatic N) is 1. The summed E-state index contributed by atoms with van der Waals surface area (Å²) >= 11 is 0. The topological polar surface area (TPSA) is 202 Å². The summed E-state index contributed by atoms with van der Waals surface area (Å²) in [5.41, 5.74) is -1.88. The van der Waals surface area contributed by atoms with E-state index in [0.29, 0.717) is 0 Å². The maximum Gasteiger partial charge on any atom is 0.255 e. The molecule has 0 heterocycles. The summed E-state index contributed by atoms with van der Waals surface area (Å²) in [5.74, 6) is -9.66. The van der Waals surface area contributed by atoms with Crippen molar-refractivity contribution in [2.24, 2.45) is 17.6 Å². The van der Waals surface area contributed by atoms with Crippen LogP contribution in [0.3, 0.4) is 0 Å². The predicted octanol–water partition coefficient (Wildman–Crippen LogP) is -1.24. The lowest BCUT2D eigenvalue weighted by Gasteiger charge is -2.55. The van der Waals surface area contributed by atoms with Crippen LogP contribution in [0.25, 0.3) is 0 Å². The highest BCUT2D eigenvalue weighted by Gasteiger charge is 2.69. The minimum Gasteiger partial charge on any atom is -0.510 e. The molecule has 0 aromatic heterocycles. The zero-order chi connectivity index (χ0) is 24.8. The van der Waals surface area contributed by atoms with E-state index in [1.807, 2.05) is 0 Å². The van der Waals surface area contributed by atoms with Gasteiger partial charge in [0.15, 0.2) is 11.4 Å². The number of primary amides is 1. The summed E-state index contributed by atoms with van der Waals surface area (Å²) in [6, 6.07) is 2.54. The second-order valence-corrected chi connectivity index (χ2v) is 9.06. The molecule has 0 spiro atoms. The SMILES string of the molecule is CN(C)C1C(O)=C(C(N)=O)C(=O)[C@@]2(O)C(O)=C3C(=O)c4c(O)cccc4[C@@](C)(O)[C@H]3[C@H](O)[C@H]12. The molecule has 0 saturated carbocycles. The van der Waals surface area contributed by atoms with Crippen LogP contribution in [0.2, 0.25) is 0 Å². The van der Waals surface area contributed by atoms with Crippen molar-refractivity contribution in [3.05, 3.63) is 52.0 Å². The highest BCUT2D eigenvalue weighted by Crippen LogP contribution is 2.56. The number of aromatic hydroxyl groups is 1. The molecule has 11 nitrogen and oxygen atoms in total. The van der Waals surface area contributed by atoms with Crippen molar-refractivity contribution >= 4 is 17.5 Å². The van der Waals surface area contributed by atoms with Gasteiger partial charge in [-0.1, -0.05) is 12.1 Å². The number of benzene rings is 1. The molecular weight excluding hydrogens is 436 g/mol. The van der Waals surface area contributed by atoms with E-state index in [0.717, 1.165) is 0 Å². The third-order valence-corrected chi connectivity index (χ3v) is 7.04. The number of fused-ring (bicyclic) bond motifs is 3. The molecule has 3 aliphatic carbocycles. The highest BCUT2D eigenvalue weighted by molar-refractivity contribution is 6.25. The molecular formula is C22H24N2O9. The number of amides is 1. The van der Waals surface area contributed by atoms with Crippen LogP contribution in [-0.4, -0.2) is 84.9 Å². The van der Waals surface area contributed by atoms with Crippen LogP contribution in [0.5, 0.6) is 5.75 Å². The molecule has 1 amide bonds. The number of nitrogens with two attached hydrogens (primary N) is 1. The number of hydrogen-bond acceptors (Lipinski definition) is 10. The van der Waals surface area contributed by atoms with Crippen molar-refractivity contribution in [1.82, 2.24) is 4.90 Å². The summed E-state index contributed by atoms with van der Waals surface area (Å²) in [6.45, 7) is 1.25. The van der Waals surface area contributed by atoms with Crippen molar-refractivity contribution in [3.63, 3.8) is 0 Å². The summed E-state index contributed by atoms with van der Waals surface area (Å²) in [6.07, 6.45) is -1.87. The van der Waals surface area contributed by atoms with Crippen molar-refractivity contribution < 1.29 is 45.0 Å². The first kappa shape index (κ1) is 22.9. The normalized spacial score (nSPS) is 36.0. The Kier molecular flexibility index (Phi) is 4.78. The number of aliphatic hydroxyl groups is 5. The molecule has 33 heavy (non-hydrogen) atoms. The quantitative estimate of drug-likeness (QED) is 0.262. The molecule has 0 bridgehead atoms. The number of aliphatic hydroxyl groups excluding tert-OH is 3. The molecule has 6 atom stereocenters. The lowest BCUT2D eigenvalue weighted by atomic mass is 9.54. The minimum atomic E-state index is -3.02. The second kappa shape index (κ2) is 6.87. The summed E-state index contributed by atoms with van der Waals surface area (Å²) in [7, 11) is 2.85. The van der Waals surface area contributed by atoms with Gasteiger partial charge in [0, 0.05) is 0 Å². The molecule has 1 unspecified atom stereocenters. The average Bonchev–Trinajstić information content (AvgIpc) is 2.70. The van der Waals surface area contributed by atoms with Gasteiger partial charge in [0.2, 0.25) is 5.78 Å². The van der Waals surface area contributed by atoms with Gasteiger partial charge in [0.05, 0.1) is 40.7 Å². The van der Waals surface area contributed by atoms with Gasteiger partial charge in [0.1, 0.15) is 22.8 Å². The van der Waals surface area contributed by atoms with Crippen LogP contribution >= 0.6 is 0 Å². The van der Waals surface area contributed by atoms with Gasteiger partial charge < -0.3 is 36.4 Å². The van der Waals surface area contributed by atoms with Gasteiger partial charge >= 0.3 is 0 Å². The van der Waals surface area contributed by atoms with Crippen molar-refractivity contribution in [2.75, 3.05) is 14.1 Å². The maximum absolute atomic E-state index is 13.3. The summed E-state index contributed by atoms with van der Waals surface area (Å²) in [4.78, 5) is 39.8. The molecule has 176 valence electrons. The van der Waals surface area contributed by atoms with E-state index in [2.05, 4.69) is 0 Å². The molecule has 4 rings (SSSR count). The number of hydrogen-bond donors (Lipinski definition) is 7. The molecule has 0 radical (unpaired) electrons. The Balaban J connectivity index is 2.10. The largest absolute Gasteiger partial charge is 0.510 e. The van der Waals surface area contributed by atoms with Gasteiger partial charge in [-0.05, 0) is 32.6 Å². The summed E-state index contributed by atoms with van der Waals surface area (Å²) in [5, 5.41) is 66.5. The van der Waals surface area contributed by atoms with E-state index >= 15 is 0 Å². The zero-order valence-electron chi connectivity index (χ0n) is 18.0. The van der Waals surface area contributed by atoms with E-state index < -0.39 is 81.1 Å². The number of Topliss-reactive ketones (excluding diaryl/α,β-unsaturated/α-hetero) is 2. The predicted molar refractivity (Wildman–Crippen MR) is 111 cm³/mol. The standard InChI is InChI=1S/C22H24N2O9/c1-21(32)7-5-4-6-8(25)9(7)15(26)10-12(21)17(28)13-14(24(2)3)16(27)11(20(23)31)19(30)22(13,33)18(10)29/h4-6,12-14,17,25,27-29,32-33H,1-3H3,(H2,23,31)/t12-,13+,14?,17+,21-,22+/m1/s1. The van der Waals surface area contributed by atoms with E-state index in [9.17, 15) is 45.0 Å². The zero-order valence-corrected chi connectivity index (χ0v) is 18.0. The molecule has 11 heteroatoms. The number of phenols is 1. The number of phenolic OH excluding ortho intramolecular Hbond substituents is 1. The maximum atomic E-state index is 13.3. The Bertz CT molecular complexity index is 1180. The van der Waals surface area contributed by atoms with Gasteiger partial charge in [-0.25, -0.2) is 0 Å². The van der Waals surface area contributed by atoms with Gasteiger partial charge in [-0.2, -0.15) is 0 Å². The fourth-order valence-corrected chi connectivity index (χ4v) is 5.60. The Labute approximate surface area is 187 Å². The second-order valence-electron chi connectivity index (χ2n) is 9.06. The van der Waals surface area contributed by atoms with Crippen molar-refractivity contribution in [3.8, 4) is 5.75 Å². The number of rotatable bonds is 2. The lowest BCUT2D eigenvalue weighted by molar-refractivity contribution is -0.173. The first-order valence-electron chi connectivity index (χ1n) is 10.1. The smallest absolute Gasteiger partial charge is 0.255 e. The van der Waals surface area contributed by atoms with E-state index in [1.54, 1.807) is 0 Å². The summed E-state index contributed by atoms with van der Waals surface area (Å²) < 4.78 is 0. The van der Waals surface area contributed by atoms with Crippen LogP contribution in [0.15, 0.2) is 40.9 Å². The molecule has 0 aliphatic heterocycles. The van der Waals surface area contributed by atoms with Gasteiger partial charge in [-0.15, -0.1) is 0 Å². The average molecular weight is 460 g/mol. The fourth-order valence-electron chi connectivity index (χ4n) is 5.60. The number of carbonyl (C=O) groups excluding carboxylic acids is 3. The van der Waals surface area contributed by atoms with E-state index in [4.69, 9.17) is 5.73 Å². The Morgan fingerprint density at radius 1 is 1.12 bits per heavy atom. The Hall–Kier alpha value is -3.25.